The number of furan rings is 1. The fourth-order valence-electron chi connectivity index (χ4n) is 2.00. The first-order valence-corrected chi connectivity index (χ1v) is 6.17. The molecule has 0 saturated heterocycles. The Balaban J connectivity index is 2.27. The number of nitrogens with one attached hydrogen (secondary N) is 1. The summed E-state index contributed by atoms with van der Waals surface area (Å²) in [5, 5.41) is 20.9. The molecule has 2 rings (SSSR count). The summed E-state index contributed by atoms with van der Waals surface area (Å²) in [6.07, 6.45) is -0.0552. The Morgan fingerprint density at radius 2 is 2.05 bits per heavy atom. The van der Waals surface area contributed by atoms with Crippen LogP contribution in [0.5, 0.6) is 0 Å². The van der Waals surface area contributed by atoms with Crippen molar-refractivity contribution in [1.82, 2.24) is 5.32 Å². The third kappa shape index (κ3) is 2.65. The zero-order valence-corrected chi connectivity index (χ0v) is 10.9. The predicted molar refractivity (Wildman–Crippen MR) is 71.5 cm³/mol. The Morgan fingerprint density at radius 3 is 2.65 bits per heavy atom. The number of aliphatic hydroxyl groups excluding tert-OH is 1. The first-order chi connectivity index (χ1) is 9.54. The van der Waals surface area contributed by atoms with Crippen LogP contribution in [0.2, 0.25) is 0 Å². The van der Waals surface area contributed by atoms with Gasteiger partial charge in [0, 0.05) is 24.0 Å². The van der Waals surface area contributed by atoms with Crippen molar-refractivity contribution in [3.8, 4) is 0 Å². The van der Waals surface area contributed by atoms with Gasteiger partial charge in [-0.25, -0.2) is 4.79 Å². The lowest BCUT2D eigenvalue weighted by Crippen LogP contribution is -2.41. The topological polar surface area (TPSA) is 99.8 Å². The molecule has 0 spiro atoms. The second kappa shape index (κ2) is 5.75. The number of aliphatic carboxylic acids is 1. The maximum atomic E-state index is 12.1. The Morgan fingerprint density at radius 1 is 1.35 bits per heavy atom. The minimum atomic E-state index is -1.19. The summed E-state index contributed by atoms with van der Waals surface area (Å²) in [6.45, 7) is 1.42. The average molecular weight is 277 g/mol. The van der Waals surface area contributed by atoms with E-state index in [1.807, 2.05) is 12.1 Å². The first-order valence-electron chi connectivity index (χ1n) is 6.17. The van der Waals surface area contributed by atoms with Crippen molar-refractivity contribution in [2.75, 3.05) is 6.61 Å². The lowest BCUT2D eigenvalue weighted by atomic mass is 10.1. The number of carboxylic acids is 1. The van der Waals surface area contributed by atoms with Crippen LogP contribution in [-0.2, 0) is 4.79 Å². The van der Waals surface area contributed by atoms with Gasteiger partial charge < -0.3 is 19.9 Å². The molecule has 1 amide bonds. The van der Waals surface area contributed by atoms with E-state index in [9.17, 15) is 9.59 Å². The molecule has 1 aromatic carbocycles. The van der Waals surface area contributed by atoms with E-state index in [4.69, 9.17) is 14.6 Å². The van der Waals surface area contributed by atoms with Crippen LogP contribution in [0.4, 0.5) is 0 Å². The zero-order valence-electron chi connectivity index (χ0n) is 10.9. The molecule has 0 bridgehead atoms. The van der Waals surface area contributed by atoms with E-state index in [0.717, 1.165) is 5.39 Å². The molecule has 0 saturated carbocycles. The highest BCUT2D eigenvalue weighted by atomic mass is 16.4. The van der Waals surface area contributed by atoms with Crippen molar-refractivity contribution >= 4 is 22.8 Å². The second-order valence-corrected chi connectivity index (χ2v) is 4.43. The molecule has 1 atom stereocenters. The van der Waals surface area contributed by atoms with E-state index in [1.54, 1.807) is 19.1 Å². The van der Waals surface area contributed by atoms with Crippen molar-refractivity contribution < 1.29 is 24.2 Å². The molecule has 0 fully saturated rings. The van der Waals surface area contributed by atoms with Crippen molar-refractivity contribution in [3.05, 3.63) is 35.6 Å². The first kappa shape index (κ1) is 14.1. The molecular formula is C14H15NO5. The molecule has 6 nitrogen and oxygen atoms in total. The van der Waals surface area contributed by atoms with Gasteiger partial charge in [0.1, 0.15) is 11.6 Å². The Hall–Kier alpha value is -2.34. The van der Waals surface area contributed by atoms with Gasteiger partial charge in [-0.05, 0) is 13.0 Å². The van der Waals surface area contributed by atoms with Crippen LogP contribution in [0, 0.1) is 6.92 Å². The molecule has 2 aromatic rings. The van der Waals surface area contributed by atoms with Crippen LogP contribution >= 0.6 is 0 Å². The van der Waals surface area contributed by atoms with Gasteiger partial charge in [-0.2, -0.15) is 0 Å². The van der Waals surface area contributed by atoms with Crippen LogP contribution in [0.25, 0.3) is 11.0 Å². The van der Waals surface area contributed by atoms with Crippen molar-refractivity contribution in [2.45, 2.75) is 19.4 Å². The standard InChI is InChI=1S/C14H15NO5/c1-8-9-4-2-3-5-11(9)20-12(8)13(17)15-10(6-7-16)14(18)19/h2-5,10,16H,6-7H2,1H3,(H,15,17)(H,18,19)/t10-/m1/s1. The fraction of sp³-hybridized carbons (Fsp3) is 0.286. The monoisotopic (exact) mass is 277 g/mol. The summed E-state index contributed by atoms with van der Waals surface area (Å²) in [4.78, 5) is 23.0. The van der Waals surface area contributed by atoms with Crippen molar-refractivity contribution in [2.24, 2.45) is 0 Å². The van der Waals surface area contributed by atoms with Crippen LogP contribution in [0.15, 0.2) is 28.7 Å². The molecule has 106 valence electrons. The highest BCUT2D eigenvalue weighted by Gasteiger charge is 2.24. The third-order valence-corrected chi connectivity index (χ3v) is 3.07. The Kier molecular flexibility index (Phi) is 4.05. The normalized spacial score (nSPS) is 12.3. The second-order valence-electron chi connectivity index (χ2n) is 4.43. The number of amides is 1. The van der Waals surface area contributed by atoms with Gasteiger partial charge in [0.2, 0.25) is 0 Å². The molecule has 0 radical (unpaired) electrons. The molecule has 0 aliphatic rings. The van der Waals surface area contributed by atoms with E-state index in [-0.39, 0.29) is 18.8 Å². The number of fused-ring (bicyclic) bond motifs is 1. The Labute approximate surface area is 115 Å². The number of para-hydroxylation sites is 1. The number of benzene rings is 1. The number of rotatable bonds is 5. The van der Waals surface area contributed by atoms with Crippen LogP contribution in [-0.4, -0.2) is 34.7 Å². The van der Waals surface area contributed by atoms with Gasteiger partial charge in [-0.15, -0.1) is 0 Å². The summed E-state index contributed by atoms with van der Waals surface area (Å²) in [5.74, 6) is -1.70. The van der Waals surface area contributed by atoms with Gasteiger partial charge >= 0.3 is 5.97 Å². The number of hydrogen-bond donors (Lipinski definition) is 3. The van der Waals surface area contributed by atoms with E-state index in [0.29, 0.717) is 11.1 Å². The summed E-state index contributed by atoms with van der Waals surface area (Å²) in [5.41, 5.74) is 1.23. The van der Waals surface area contributed by atoms with Gasteiger partial charge in [-0.1, -0.05) is 18.2 Å². The molecule has 3 N–H and O–H groups in total. The smallest absolute Gasteiger partial charge is 0.326 e. The average Bonchev–Trinajstić information content (AvgIpc) is 2.76. The molecule has 0 aliphatic heterocycles. The number of aryl methyl sites for hydroxylation is 1. The summed E-state index contributed by atoms with van der Waals surface area (Å²) in [7, 11) is 0. The largest absolute Gasteiger partial charge is 0.480 e. The highest BCUT2D eigenvalue weighted by Crippen LogP contribution is 2.24. The number of hydrogen-bond acceptors (Lipinski definition) is 4. The third-order valence-electron chi connectivity index (χ3n) is 3.07. The number of carboxylic acid groups (broad SMARTS) is 1. The van der Waals surface area contributed by atoms with Gasteiger partial charge in [0.05, 0.1) is 0 Å². The molecular weight excluding hydrogens is 262 g/mol. The van der Waals surface area contributed by atoms with Crippen LogP contribution < -0.4 is 5.32 Å². The molecule has 6 heteroatoms. The summed E-state index contributed by atoms with van der Waals surface area (Å²) < 4.78 is 5.45. The summed E-state index contributed by atoms with van der Waals surface area (Å²) >= 11 is 0. The molecule has 1 heterocycles. The lowest BCUT2D eigenvalue weighted by molar-refractivity contribution is -0.139. The number of carbonyl (C=O) groups excluding carboxylic acids is 1. The minimum absolute atomic E-state index is 0.0552. The van der Waals surface area contributed by atoms with Gasteiger partial charge in [0.25, 0.3) is 5.91 Å². The molecule has 20 heavy (non-hydrogen) atoms. The van der Waals surface area contributed by atoms with E-state index in [2.05, 4.69) is 5.32 Å². The van der Waals surface area contributed by atoms with Gasteiger partial charge in [-0.3, -0.25) is 4.79 Å². The van der Waals surface area contributed by atoms with Crippen LogP contribution in [0.1, 0.15) is 22.5 Å². The Bertz CT molecular complexity index is 646. The number of carbonyl (C=O) groups is 2. The van der Waals surface area contributed by atoms with Crippen molar-refractivity contribution in [1.29, 1.82) is 0 Å². The minimum Gasteiger partial charge on any atom is -0.480 e. The lowest BCUT2D eigenvalue weighted by Gasteiger charge is -2.12. The summed E-state index contributed by atoms with van der Waals surface area (Å²) in [6, 6.07) is 6.05. The molecule has 1 aromatic heterocycles. The SMILES string of the molecule is Cc1c(C(=O)N[C@H](CCO)C(=O)O)oc2ccccc12. The maximum Gasteiger partial charge on any atom is 0.326 e. The van der Waals surface area contributed by atoms with E-state index < -0.39 is 17.9 Å². The van der Waals surface area contributed by atoms with E-state index in [1.165, 1.54) is 0 Å². The quantitative estimate of drug-likeness (QED) is 0.765. The van der Waals surface area contributed by atoms with Gasteiger partial charge in [0.15, 0.2) is 5.76 Å². The van der Waals surface area contributed by atoms with Crippen molar-refractivity contribution in [3.63, 3.8) is 0 Å². The maximum absolute atomic E-state index is 12.1. The zero-order chi connectivity index (χ0) is 14.7. The van der Waals surface area contributed by atoms with E-state index >= 15 is 0 Å². The van der Waals surface area contributed by atoms with Crippen LogP contribution in [0.3, 0.4) is 0 Å². The predicted octanol–water partition coefficient (Wildman–Crippen LogP) is 1.31. The highest BCUT2D eigenvalue weighted by molar-refractivity contribution is 6.00. The molecule has 0 aliphatic carbocycles. The molecule has 0 unspecified atom stereocenters. The fourth-order valence-corrected chi connectivity index (χ4v) is 2.00. The number of aliphatic hydroxyl groups is 1.